The summed E-state index contributed by atoms with van der Waals surface area (Å²) in [5.74, 6) is -0.265. The van der Waals surface area contributed by atoms with Crippen molar-refractivity contribution in [3.63, 3.8) is 0 Å². The summed E-state index contributed by atoms with van der Waals surface area (Å²) in [7, 11) is -3.09. The summed E-state index contributed by atoms with van der Waals surface area (Å²) < 4.78 is 22.4. The van der Waals surface area contributed by atoms with Gasteiger partial charge in [0.2, 0.25) is 0 Å². The molecule has 1 aromatic carbocycles. The second-order valence-electron chi connectivity index (χ2n) is 4.53. The Balaban J connectivity index is 2.86. The molecular formula is C14H19NO4S. The van der Waals surface area contributed by atoms with E-state index in [1.54, 1.807) is 30.3 Å². The van der Waals surface area contributed by atoms with Crippen LogP contribution < -0.4 is 0 Å². The number of amides is 1. The van der Waals surface area contributed by atoms with E-state index in [1.807, 2.05) is 0 Å². The lowest BCUT2D eigenvalue weighted by Gasteiger charge is -2.20. The zero-order valence-electron chi connectivity index (χ0n) is 11.4. The van der Waals surface area contributed by atoms with E-state index in [4.69, 9.17) is 5.11 Å². The quantitative estimate of drug-likeness (QED) is 0.757. The molecule has 0 aliphatic heterocycles. The predicted molar refractivity (Wildman–Crippen MR) is 78.2 cm³/mol. The molecule has 0 spiro atoms. The van der Waals surface area contributed by atoms with Crippen LogP contribution in [0, 0.1) is 0 Å². The van der Waals surface area contributed by atoms with Gasteiger partial charge in [-0.15, -0.1) is 6.58 Å². The lowest BCUT2D eigenvalue weighted by molar-refractivity contribution is 0.0743. The van der Waals surface area contributed by atoms with Gasteiger partial charge in [0.1, 0.15) is 0 Å². The van der Waals surface area contributed by atoms with E-state index in [2.05, 4.69) is 6.58 Å². The molecule has 0 atom stereocenters. The Labute approximate surface area is 119 Å². The molecule has 110 valence electrons. The van der Waals surface area contributed by atoms with E-state index >= 15 is 0 Å². The minimum Gasteiger partial charge on any atom is -0.395 e. The van der Waals surface area contributed by atoms with Crippen LogP contribution in [0.2, 0.25) is 0 Å². The van der Waals surface area contributed by atoms with Gasteiger partial charge in [-0.05, 0) is 17.7 Å². The first kappa shape index (κ1) is 16.4. The monoisotopic (exact) mass is 297 g/mol. The van der Waals surface area contributed by atoms with Gasteiger partial charge in [0.15, 0.2) is 9.84 Å². The van der Waals surface area contributed by atoms with Gasteiger partial charge in [-0.25, -0.2) is 8.42 Å². The van der Waals surface area contributed by atoms with Crippen LogP contribution in [0.4, 0.5) is 0 Å². The van der Waals surface area contributed by atoms with E-state index in [1.165, 1.54) is 11.2 Å². The number of carbonyl (C=O) groups is 1. The van der Waals surface area contributed by atoms with Crippen molar-refractivity contribution >= 4 is 15.7 Å². The fourth-order valence-electron chi connectivity index (χ4n) is 1.78. The molecule has 0 aliphatic rings. The maximum Gasteiger partial charge on any atom is 0.254 e. The number of benzene rings is 1. The maximum absolute atomic E-state index is 12.2. The fraction of sp³-hybridized carbons (Fsp3) is 0.357. The van der Waals surface area contributed by atoms with Crippen molar-refractivity contribution in [3.8, 4) is 0 Å². The topological polar surface area (TPSA) is 74.7 Å². The molecule has 1 N–H and O–H groups in total. The van der Waals surface area contributed by atoms with Crippen LogP contribution in [0.3, 0.4) is 0 Å². The molecule has 0 saturated carbocycles. The third-order valence-corrected chi connectivity index (χ3v) is 3.49. The third kappa shape index (κ3) is 5.14. The van der Waals surface area contributed by atoms with Crippen LogP contribution in [0.15, 0.2) is 36.9 Å². The molecule has 0 bridgehead atoms. The summed E-state index contributed by atoms with van der Waals surface area (Å²) in [5, 5.41) is 8.94. The third-order valence-electron chi connectivity index (χ3n) is 2.64. The molecular weight excluding hydrogens is 278 g/mol. The van der Waals surface area contributed by atoms with Gasteiger partial charge in [-0.1, -0.05) is 18.2 Å². The molecule has 1 aromatic rings. The summed E-state index contributed by atoms with van der Waals surface area (Å²) in [6.07, 6.45) is 2.75. The second kappa shape index (κ2) is 7.21. The van der Waals surface area contributed by atoms with E-state index in [9.17, 15) is 13.2 Å². The highest BCUT2D eigenvalue weighted by Gasteiger charge is 2.14. The molecule has 0 unspecified atom stereocenters. The first-order chi connectivity index (χ1) is 9.37. The van der Waals surface area contributed by atoms with Gasteiger partial charge in [0, 0.05) is 24.9 Å². The molecule has 1 amide bonds. The zero-order valence-corrected chi connectivity index (χ0v) is 12.3. The van der Waals surface area contributed by atoms with E-state index < -0.39 is 9.84 Å². The highest BCUT2D eigenvalue weighted by Crippen LogP contribution is 2.10. The molecule has 1 rings (SSSR count). The SMILES string of the molecule is C=CCN(CCO)C(=O)c1ccc(CS(C)(=O)=O)cc1. The molecule has 0 heterocycles. The lowest BCUT2D eigenvalue weighted by atomic mass is 10.1. The number of hydrogen-bond donors (Lipinski definition) is 1. The average Bonchev–Trinajstić information content (AvgIpc) is 2.37. The summed E-state index contributed by atoms with van der Waals surface area (Å²) in [6.45, 7) is 4.04. The Morgan fingerprint density at radius 2 is 1.95 bits per heavy atom. The molecule has 0 saturated heterocycles. The van der Waals surface area contributed by atoms with Crippen molar-refractivity contribution in [2.24, 2.45) is 0 Å². The average molecular weight is 297 g/mol. The van der Waals surface area contributed by atoms with Crippen LogP contribution in [0.1, 0.15) is 15.9 Å². The highest BCUT2D eigenvalue weighted by atomic mass is 32.2. The number of hydrogen-bond acceptors (Lipinski definition) is 4. The molecule has 0 aliphatic carbocycles. The molecule has 20 heavy (non-hydrogen) atoms. The lowest BCUT2D eigenvalue weighted by Crippen LogP contribution is -2.33. The predicted octanol–water partition coefficient (Wildman–Crippen LogP) is 0.852. The summed E-state index contributed by atoms with van der Waals surface area (Å²) >= 11 is 0. The Kier molecular flexibility index (Phi) is 5.91. The Morgan fingerprint density at radius 3 is 2.40 bits per heavy atom. The fourth-order valence-corrected chi connectivity index (χ4v) is 2.58. The number of aliphatic hydroxyl groups is 1. The Morgan fingerprint density at radius 1 is 1.35 bits per heavy atom. The Bertz CT molecular complexity index is 563. The molecule has 6 heteroatoms. The summed E-state index contributed by atoms with van der Waals surface area (Å²) in [5.41, 5.74) is 1.10. The maximum atomic E-state index is 12.2. The zero-order chi connectivity index (χ0) is 15.2. The van der Waals surface area contributed by atoms with Crippen LogP contribution >= 0.6 is 0 Å². The van der Waals surface area contributed by atoms with Crippen molar-refractivity contribution in [1.82, 2.24) is 4.90 Å². The van der Waals surface area contributed by atoms with E-state index in [0.717, 1.165) is 0 Å². The number of aliphatic hydroxyl groups excluding tert-OH is 1. The largest absolute Gasteiger partial charge is 0.395 e. The van der Waals surface area contributed by atoms with Crippen LogP contribution in [0.25, 0.3) is 0 Å². The molecule has 0 radical (unpaired) electrons. The number of carbonyl (C=O) groups excluding carboxylic acids is 1. The van der Waals surface area contributed by atoms with Crippen molar-refractivity contribution in [1.29, 1.82) is 0 Å². The first-order valence-corrected chi connectivity index (χ1v) is 8.21. The Hall–Kier alpha value is -1.66. The van der Waals surface area contributed by atoms with Crippen LogP contribution in [-0.4, -0.2) is 50.3 Å². The second-order valence-corrected chi connectivity index (χ2v) is 6.67. The van der Waals surface area contributed by atoms with Gasteiger partial charge in [0.05, 0.1) is 12.4 Å². The molecule has 0 aromatic heterocycles. The number of rotatable bonds is 7. The minimum absolute atomic E-state index is 0.0471. The van der Waals surface area contributed by atoms with Crippen LogP contribution in [0.5, 0.6) is 0 Å². The number of sulfone groups is 1. The van der Waals surface area contributed by atoms with Gasteiger partial charge in [0.25, 0.3) is 5.91 Å². The van der Waals surface area contributed by atoms with Crippen molar-refractivity contribution in [2.75, 3.05) is 26.0 Å². The summed E-state index contributed by atoms with van der Waals surface area (Å²) in [4.78, 5) is 13.6. The molecule has 0 fully saturated rings. The van der Waals surface area contributed by atoms with Gasteiger partial charge in [-0.3, -0.25) is 4.79 Å². The van der Waals surface area contributed by atoms with Crippen molar-refractivity contribution in [2.45, 2.75) is 5.75 Å². The first-order valence-electron chi connectivity index (χ1n) is 6.15. The standard InChI is InChI=1S/C14H19NO4S/c1-3-8-15(9-10-16)14(17)13-6-4-12(5-7-13)11-20(2,18)19/h3-7,16H,1,8-11H2,2H3. The van der Waals surface area contributed by atoms with Crippen molar-refractivity contribution in [3.05, 3.63) is 48.0 Å². The van der Waals surface area contributed by atoms with Gasteiger partial charge < -0.3 is 10.0 Å². The summed E-state index contributed by atoms with van der Waals surface area (Å²) in [6, 6.07) is 6.44. The van der Waals surface area contributed by atoms with Crippen molar-refractivity contribution < 1.29 is 18.3 Å². The number of nitrogens with zero attached hydrogens (tertiary/aromatic N) is 1. The van der Waals surface area contributed by atoms with Gasteiger partial charge >= 0.3 is 0 Å². The smallest absolute Gasteiger partial charge is 0.254 e. The van der Waals surface area contributed by atoms with Gasteiger partial charge in [-0.2, -0.15) is 0 Å². The normalized spacial score (nSPS) is 11.1. The van der Waals surface area contributed by atoms with E-state index in [0.29, 0.717) is 17.7 Å². The highest BCUT2D eigenvalue weighted by molar-refractivity contribution is 7.89. The van der Waals surface area contributed by atoms with E-state index in [-0.39, 0.29) is 24.8 Å². The molecule has 5 nitrogen and oxygen atoms in total. The van der Waals surface area contributed by atoms with Crippen LogP contribution in [-0.2, 0) is 15.6 Å². The minimum atomic E-state index is -3.09.